The van der Waals surface area contributed by atoms with Gasteiger partial charge in [0.15, 0.2) is 0 Å². The second kappa shape index (κ2) is 7.97. The van der Waals surface area contributed by atoms with Gasteiger partial charge in [-0.15, -0.1) is 10.2 Å². The van der Waals surface area contributed by atoms with Crippen molar-refractivity contribution in [3.8, 4) is 11.3 Å². The SMILES string of the molecule is CNC(=O)NC(=O)[C@@H](C)Sc1nnc(-c2ccccc2)c2ccccc12. The standard InChI is InChI=1S/C19H18N4O2S/c1-12(17(24)21-19(25)20-2)26-18-15-11-7-6-10-14(15)16(22-23-18)13-8-4-3-5-9-13/h3-12H,1-2H3,(H2,20,21,24,25)/t12-/m1/s1. The van der Waals surface area contributed by atoms with Gasteiger partial charge in [0, 0.05) is 23.4 Å². The smallest absolute Gasteiger partial charge is 0.321 e. The number of fused-ring (bicyclic) bond motifs is 1. The van der Waals surface area contributed by atoms with E-state index in [1.807, 2.05) is 54.6 Å². The van der Waals surface area contributed by atoms with Crippen molar-refractivity contribution in [2.75, 3.05) is 7.05 Å². The molecule has 0 saturated carbocycles. The molecule has 26 heavy (non-hydrogen) atoms. The number of aromatic nitrogens is 2. The Balaban J connectivity index is 1.94. The largest absolute Gasteiger partial charge is 0.341 e. The fourth-order valence-corrected chi connectivity index (χ4v) is 3.37. The molecule has 0 fully saturated rings. The summed E-state index contributed by atoms with van der Waals surface area (Å²) < 4.78 is 0. The molecule has 0 aliphatic heterocycles. The van der Waals surface area contributed by atoms with Crippen LogP contribution in [0.25, 0.3) is 22.0 Å². The number of carbonyl (C=O) groups is 2. The molecule has 0 aliphatic rings. The van der Waals surface area contributed by atoms with Crippen LogP contribution < -0.4 is 10.6 Å². The second-order valence-corrected chi connectivity index (χ2v) is 6.92. The summed E-state index contributed by atoms with van der Waals surface area (Å²) in [7, 11) is 1.46. The van der Waals surface area contributed by atoms with E-state index in [4.69, 9.17) is 0 Å². The maximum atomic E-state index is 12.1. The zero-order valence-corrected chi connectivity index (χ0v) is 15.2. The lowest BCUT2D eigenvalue weighted by molar-refractivity contribution is -0.119. The van der Waals surface area contributed by atoms with E-state index in [0.717, 1.165) is 22.0 Å². The second-order valence-electron chi connectivity index (χ2n) is 5.59. The molecule has 6 nitrogen and oxygen atoms in total. The van der Waals surface area contributed by atoms with Crippen LogP contribution in [0.2, 0.25) is 0 Å². The zero-order chi connectivity index (χ0) is 18.5. The van der Waals surface area contributed by atoms with E-state index in [2.05, 4.69) is 20.8 Å². The molecule has 0 unspecified atom stereocenters. The summed E-state index contributed by atoms with van der Waals surface area (Å²) in [5.74, 6) is -0.382. The number of urea groups is 1. The van der Waals surface area contributed by atoms with Crippen LogP contribution in [0.4, 0.5) is 4.79 Å². The predicted octanol–water partition coefficient (Wildman–Crippen LogP) is 3.23. The van der Waals surface area contributed by atoms with Gasteiger partial charge in [0.2, 0.25) is 5.91 Å². The first-order valence-electron chi connectivity index (χ1n) is 8.10. The number of amides is 3. The molecule has 1 heterocycles. The molecule has 0 radical (unpaired) electrons. The summed E-state index contributed by atoms with van der Waals surface area (Å²) in [6, 6.07) is 17.2. The van der Waals surface area contributed by atoms with Gasteiger partial charge >= 0.3 is 6.03 Å². The van der Waals surface area contributed by atoms with Crippen LogP contribution in [0.5, 0.6) is 0 Å². The molecular formula is C19H18N4O2S. The zero-order valence-electron chi connectivity index (χ0n) is 14.4. The van der Waals surface area contributed by atoms with Gasteiger partial charge in [0.05, 0.1) is 5.25 Å². The fourth-order valence-electron chi connectivity index (χ4n) is 2.47. The topological polar surface area (TPSA) is 84.0 Å². The lowest BCUT2D eigenvalue weighted by Crippen LogP contribution is -2.41. The molecule has 2 aromatic carbocycles. The van der Waals surface area contributed by atoms with Crippen molar-refractivity contribution < 1.29 is 9.59 Å². The van der Waals surface area contributed by atoms with E-state index in [1.54, 1.807) is 6.92 Å². The van der Waals surface area contributed by atoms with Gasteiger partial charge in [-0.1, -0.05) is 66.4 Å². The highest BCUT2D eigenvalue weighted by Crippen LogP contribution is 2.33. The van der Waals surface area contributed by atoms with Crippen molar-refractivity contribution in [2.24, 2.45) is 0 Å². The summed E-state index contributed by atoms with van der Waals surface area (Å²) in [5.41, 5.74) is 1.78. The number of nitrogens with zero attached hydrogens (tertiary/aromatic N) is 2. The van der Waals surface area contributed by atoms with E-state index >= 15 is 0 Å². The predicted molar refractivity (Wildman–Crippen MR) is 103 cm³/mol. The maximum absolute atomic E-state index is 12.1. The average Bonchev–Trinajstić information content (AvgIpc) is 2.68. The Kier molecular flexibility index (Phi) is 5.48. The molecule has 1 atom stereocenters. The van der Waals surface area contributed by atoms with Gasteiger partial charge in [0.1, 0.15) is 10.7 Å². The van der Waals surface area contributed by atoms with Gasteiger partial charge in [-0.2, -0.15) is 0 Å². The lowest BCUT2D eigenvalue weighted by Gasteiger charge is -2.13. The number of hydrogen-bond donors (Lipinski definition) is 2. The summed E-state index contributed by atoms with van der Waals surface area (Å²) in [4.78, 5) is 23.4. The molecule has 132 valence electrons. The molecule has 7 heteroatoms. The number of carbonyl (C=O) groups excluding carboxylic acids is 2. The van der Waals surface area contributed by atoms with Crippen molar-refractivity contribution in [3.05, 3.63) is 54.6 Å². The molecule has 3 rings (SSSR count). The Morgan fingerprint density at radius 2 is 1.62 bits per heavy atom. The van der Waals surface area contributed by atoms with Gasteiger partial charge < -0.3 is 5.32 Å². The fraction of sp³-hybridized carbons (Fsp3) is 0.158. The lowest BCUT2D eigenvalue weighted by atomic mass is 10.1. The van der Waals surface area contributed by atoms with Crippen LogP contribution in [0.3, 0.4) is 0 Å². The van der Waals surface area contributed by atoms with E-state index in [9.17, 15) is 9.59 Å². The van der Waals surface area contributed by atoms with E-state index in [-0.39, 0.29) is 5.91 Å². The van der Waals surface area contributed by atoms with Gasteiger partial charge in [-0.25, -0.2) is 4.79 Å². The maximum Gasteiger partial charge on any atom is 0.321 e. The number of nitrogens with one attached hydrogen (secondary N) is 2. The quantitative estimate of drug-likeness (QED) is 0.693. The number of hydrogen-bond acceptors (Lipinski definition) is 5. The summed E-state index contributed by atoms with van der Waals surface area (Å²) in [5, 5.41) is 15.4. The summed E-state index contributed by atoms with van der Waals surface area (Å²) in [6.07, 6.45) is 0. The molecule has 2 N–H and O–H groups in total. The molecule has 1 aromatic heterocycles. The highest BCUT2D eigenvalue weighted by atomic mass is 32.2. The number of imide groups is 1. The van der Waals surface area contributed by atoms with Crippen molar-refractivity contribution in [1.82, 2.24) is 20.8 Å². The Bertz CT molecular complexity index is 947. The van der Waals surface area contributed by atoms with E-state index < -0.39 is 11.3 Å². The van der Waals surface area contributed by atoms with Crippen LogP contribution >= 0.6 is 11.8 Å². The third-order valence-electron chi connectivity index (χ3n) is 3.82. The first-order chi connectivity index (χ1) is 12.6. The summed E-state index contributed by atoms with van der Waals surface area (Å²) >= 11 is 1.27. The van der Waals surface area contributed by atoms with Crippen LogP contribution in [0.1, 0.15) is 6.92 Å². The minimum absolute atomic E-state index is 0.382. The van der Waals surface area contributed by atoms with E-state index in [0.29, 0.717) is 5.03 Å². The molecule has 0 aliphatic carbocycles. The Morgan fingerprint density at radius 1 is 0.962 bits per heavy atom. The minimum atomic E-state index is -0.530. The Labute approximate surface area is 155 Å². The molecule has 3 amide bonds. The van der Waals surface area contributed by atoms with Crippen molar-refractivity contribution in [3.63, 3.8) is 0 Å². The average molecular weight is 366 g/mol. The van der Waals surface area contributed by atoms with Gasteiger partial charge in [0.25, 0.3) is 0 Å². The molecule has 3 aromatic rings. The highest BCUT2D eigenvalue weighted by Gasteiger charge is 2.19. The Morgan fingerprint density at radius 3 is 2.31 bits per heavy atom. The molecule has 0 saturated heterocycles. The van der Waals surface area contributed by atoms with Crippen molar-refractivity contribution >= 4 is 34.5 Å². The van der Waals surface area contributed by atoms with Crippen LogP contribution in [-0.2, 0) is 4.79 Å². The Hall–Kier alpha value is -2.93. The molecule has 0 spiro atoms. The summed E-state index contributed by atoms with van der Waals surface area (Å²) in [6.45, 7) is 1.73. The number of thioether (sulfide) groups is 1. The van der Waals surface area contributed by atoms with Crippen LogP contribution in [0.15, 0.2) is 59.6 Å². The van der Waals surface area contributed by atoms with Crippen molar-refractivity contribution in [2.45, 2.75) is 17.2 Å². The first kappa shape index (κ1) is 17.9. The van der Waals surface area contributed by atoms with Crippen LogP contribution in [-0.4, -0.2) is 34.4 Å². The number of benzene rings is 2. The third kappa shape index (κ3) is 3.83. The van der Waals surface area contributed by atoms with E-state index in [1.165, 1.54) is 18.8 Å². The molecular weight excluding hydrogens is 348 g/mol. The first-order valence-corrected chi connectivity index (χ1v) is 8.98. The van der Waals surface area contributed by atoms with Crippen molar-refractivity contribution in [1.29, 1.82) is 0 Å². The molecule has 0 bridgehead atoms. The van der Waals surface area contributed by atoms with Gasteiger partial charge in [-0.3, -0.25) is 10.1 Å². The van der Waals surface area contributed by atoms with Gasteiger partial charge in [-0.05, 0) is 6.92 Å². The third-order valence-corrected chi connectivity index (χ3v) is 4.91. The normalized spacial score (nSPS) is 11.8. The minimum Gasteiger partial charge on any atom is -0.341 e. The highest BCUT2D eigenvalue weighted by molar-refractivity contribution is 8.00. The van der Waals surface area contributed by atoms with Crippen LogP contribution in [0, 0.1) is 0 Å². The number of rotatable bonds is 4. The monoisotopic (exact) mass is 366 g/mol.